The van der Waals surface area contributed by atoms with Gasteiger partial charge >= 0.3 is 0 Å². The third-order valence-corrected chi connectivity index (χ3v) is 16.7. The lowest BCUT2D eigenvalue weighted by molar-refractivity contribution is -0.0248. The number of rotatable bonds is 6. The molecule has 2 heteroatoms. The smallest absolute Gasteiger partial charge is 0.132 e. The van der Waals surface area contributed by atoms with Crippen LogP contribution in [0.25, 0.3) is 0 Å². The Morgan fingerprint density at radius 2 is 0.867 bits per heavy atom. The minimum Gasteiger partial charge on any atom is -0.487 e. The molecule has 1 aliphatic heterocycles. The third kappa shape index (κ3) is 4.21. The third-order valence-electron chi connectivity index (χ3n) is 16.7. The van der Waals surface area contributed by atoms with E-state index in [2.05, 4.69) is 32.9 Å². The van der Waals surface area contributed by atoms with Crippen LogP contribution in [0, 0.1) is 58.7 Å². The van der Waals surface area contributed by atoms with Crippen molar-refractivity contribution in [2.45, 2.75) is 165 Å². The van der Waals surface area contributed by atoms with Crippen LogP contribution in [0.4, 0.5) is 0 Å². The van der Waals surface area contributed by atoms with Crippen LogP contribution in [0.15, 0.2) is 12.1 Å². The Balaban J connectivity index is 1.15. The van der Waals surface area contributed by atoms with E-state index in [0.717, 1.165) is 59.9 Å². The van der Waals surface area contributed by atoms with Crippen molar-refractivity contribution >= 4 is 0 Å². The van der Waals surface area contributed by atoms with E-state index in [1.807, 2.05) is 16.7 Å². The molecule has 0 amide bonds. The predicted octanol–water partition coefficient (Wildman–Crippen LogP) is 10.3. The lowest BCUT2D eigenvalue weighted by Gasteiger charge is -2.63. The first kappa shape index (κ1) is 27.9. The molecule has 0 N–H and O–H groups in total. The number of hydrogen-bond donors (Lipinski definition) is 0. The second-order valence-corrected chi connectivity index (χ2v) is 21.3. The van der Waals surface area contributed by atoms with Gasteiger partial charge in [0.05, 0.1) is 6.61 Å². The minimum atomic E-state index is 0.0709. The quantitative estimate of drug-likeness (QED) is 0.300. The second kappa shape index (κ2) is 9.15. The van der Waals surface area contributed by atoms with E-state index in [1.54, 1.807) is 19.3 Å². The van der Waals surface area contributed by atoms with Gasteiger partial charge in [-0.3, -0.25) is 0 Å². The fraction of sp³-hybridized carbons (Fsp3) is 0.860. The summed E-state index contributed by atoms with van der Waals surface area (Å²) < 4.78 is 13.4. The number of hydrogen-bond acceptors (Lipinski definition) is 2. The lowest BCUT2D eigenvalue weighted by Crippen LogP contribution is -2.55. The molecule has 13 aliphatic rings. The van der Waals surface area contributed by atoms with Gasteiger partial charge in [0.15, 0.2) is 0 Å². The van der Waals surface area contributed by atoms with Gasteiger partial charge in [0.25, 0.3) is 0 Å². The maximum Gasteiger partial charge on any atom is 0.132 e. The second-order valence-electron chi connectivity index (χ2n) is 21.3. The minimum absolute atomic E-state index is 0.0709. The zero-order valence-electron chi connectivity index (χ0n) is 28.8. The monoisotopic (exact) mass is 608 g/mol. The van der Waals surface area contributed by atoms with Gasteiger partial charge in [-0.25, -0.2) is 0 Å². The number of benzene rings is 1. The first-order chi connectivity index (χ1) is 21.6. The average molecular weight is 609 g/mol. The molecular formula is C43H60O2. The molecular weight excluding hydrogens is 548 g/mol. The highest BCUT2D eigenvalue weighted by Crippen LogP contribution is 2.69. The maximum absolute atomic E-state index is 7.36. The fourth-order valence-corrected chi connectivity index (χ4v) is 16.6. The Morgan fingerprint density at radius 3 is 1.16 bits per heavy atom. The summed E-state index contributed by atoms with van der Waals surface area (Å²) >= 11 is 0. The summed E-state index contributed by atoms with van der Waals surface area (Å²) in [5, 5.41) is 0. The average Bonchev–Trinajstić information content (AvgIpc) is 3.78. The van der Waals surface area contributed by atoms with Crippen LogP contribution in [0.1, 0.15) is 153 Å². The molecule has 12 aliphatic carbocycles. The highest BCUT2D eigenvalue weighted by molar-refractivity contribution is 5.55. The molecule has 1 aromatic rings. The summed E-state index contributed by atoms with van der Waals surface area (Å²) in [6.45, 7) is 8.01. The summed E-state index contributed by atoms with van der Waals surface area (Å²) in [6.07, 6.45) is 27.7. The molecule has 1 aromatic carbocycles. The summed E-state index contributed by atoms with van der Waals surface area (Å²) in [5.41, 5.74) is 7.13. The van der Waals surface area contributed by atoms with Gasteiger partial charge in [-0.15, -0.1) is 0 Å². The van der Waals surface area contributed by atoms with Crippen molar-refractivity contribution < 1.29 is 9.47 Å². The van der Waals surface area contributed by atoms with Crippen molar-refractivity contribution in [2.75, 3.05) is 6.61 Å². The van der Waals surface area contributed by atoms with E-state index in [4.69, 9.17) is 9.47 Å². The summed E-state index contributed by atoms with van der Waals surface area (Å²) in [7, 11) is 0. The largest absolute Gasteiger partial charge is 0.487 e. The zero-order chi connectivity index (χ0) is 29.9. The van der Waals surface area contributed by atoms with Crippen LogP contribution in [0.3, 0.4) is 0 Å². The van der Waals surface area contributed by atoms with Crippen molar-refractivity contribution in [1.29, 1.82) is 0 Å². The highest BCUT2D eigenvalue weighted by Gasteiger charge is 2.60. The Labute approximate surface area is 273 Å². The van der Waals surface area contributed by atoms with E-state index >= 15 is 0 Å². The van der Waals surface area contributed by atoms with Crippen LogP contribution >= 0.6 is 0 Å². The first-order valence-electron chi connectivity index (χ1n) is 20.1. The van der Waals surface area contributed by atoms with Gasteiger partial charge in [0.1, 0.15) is 18.0 Å². The topological polar surface area (TPSA) is 21.8 Å². The number of ether oxygens (including phenoxy) is 2. The molecule has 2 unspecified atom stereocenters. The predicted molar refractivity (Wildman–Crippen MR) is 180 cm³/mol. The van der Waals surface area contributed by atoms with Gasteiger partial charge in [0, 0.05) is 5.41 Å². The summed E-state index contributed by atoms with van der Waals surface area (Å²) in [4.78, 5) is 0. The molecule has 2 nitrogen and oxygen atoms in total. The highest BCUT2D eigenvalue weighted by atomic mass is 16.6. The van der Waals surface area contributed by atoms with Crippen LogP contribution in [-0.4, -0.2) is 18.8 Å². The van der Waals surface area contributed by atoms with Gasteiger partial charge in [-0.05, 0) is 214 Å². The van der Waals surface area contributed by atoms with E-state index in [9.17, 15) is 0 Å². The van der Waals surface area contributed by atoms with Gasteiger partial charge in [-0.1, -0.05) is 20.8 Å². The number of epoxide rings is 1. The normalized spacial score (nSPS) is 52.1. The van der Waals surface area contributed by atoms with E-state index < -0.39 is 0 Å². The van der Waals surface area contributed by atoms with Crippen molar-refractivity contribution in [3.05, 3.63) is 28.8 Å². The molecule has 1 saturated heterocycles. The van der Waals surface area contributed by atoms with E-state index in [0.29, 0.717) is 16.2 Å². The summed E-state index contributed by atoms with van der Waals surface area (Å²) in [6, 6.07) is 5.51. The maximum atomic E-state index is 7.36. The fourth-order valence-electron chi connectivity index (χ4n) is 16.6. The van der Waals surface area contributed by atoms with Crippen LogP contribution < -0.4 is 4.74 Å². The van der Waals surface area contributed by atoms with Crippen molar-refractivity contribution in [3.8, 4) is 5.75 Å². The molecule has 0 radical (unpaired) electrons. The lowest BCUT2D eigenvalue weighted by atomic mass is 9.41. The molecule has 244 valence electrons. The van der Waals surface area contributed by atoms with E-state index in [1.165, 1.54) is 102 Å². The SMILES string of the molecule is CC(C)(C)C(Oc1cc(C23CC4CC(CC(C4)C2)C3)c(C23CC4CC(CC(C4)C2)C3)c(C23CC4CC(CC(C4)C2)C3)c1)C1CO1. The molecule has 0 aromatic heterocycles. The molecule has 0 spiro atoms. The molecule has 12 saturated carbocycles. The summed E-state index contributed by atoms with van der Waals surface area (Å²) in [5.74, 6) is 10.1. The van der Waals surface area contributed by atoms with Gasteiger partial charge in [0.2, 0.25) is 0 Å². The molecule has 13 fully saturated rings. The zero-order valence-corrected chi connectivity index (χ0v) is 28.8. The molecule has 14 rings (SSSR count). The van der Waals surface area contributed by atoms with Crippen molar-refractivity contribution in [1.82, 2.24) is 0 Å². The van der Waals surface area contributed by atoms with Crippen LogP contribution in [0.2, 0.25) is 0 Å². The molecule has 1 heterocycles. The standard InChI is InChI=1S/C43H60O2/c1-40(2,3)39(37-24-44-37)45-34-13-35(41-15-25-4-26(16-41)6-27(5-25)17-41)38(43-21-31-10-32(22-43)12-33(11-31)23-43)36(14-34)42-18-28-7-29(19-42)9-30(8-28)20-42/h13-14,25-33,37,39H,4-12,15-24H2,1-3H3. The van der Waals surface area contributed by atoms with Crippen molar-refractivity contribution in [2.24, 2.45) is 58.7 Å². The molecule has 2 atom stereocenters. The Bertz CT molecular complexity index is 1220. The van der Waals surface area contributed by atoms with Crippen molar-refractivity contribution in [3.63, 3.8) is 0 Å². The Kier molecular flexibility index (Phi) is 5.67. The van der Waals surface area contributed by atoms with E-state index in [-0.39, 0.29) is 17.6 Å². The Hall–Kier alpha value is -1.02. The van der Waals surface area contributed by atoms with Gasteiger partial charge in [-0.2, -0.15) is 0 Å². The first-order valence-corrected chi connectivity index (χ1v) is 20.1. The van der Waals surface area contributed by atoms with Crippen LogP contribution in [-0.2, 0) is 21.0 Å². The van der Waals surface area contributed by atoms with Gasteiger partial charge < -0.3 is 9.47 Å². The molecule has 45 heavy (non-hydrogen) atoms. The molecule has 12 bridgehead atoms. The Morgan fingerprint density at radius 1 is 0.556 bits per heavy atom. The van der Waals surface area contributed by atoms with Crippen LogP contribution in [0.5, 0.6) is 5.75 Å².